The molecule has 1 heterocycles. The molecule has 0 radical (unpaired) electrons. The summed E-state index contributed by atoms with van der Waals surface area (Å²) in [5, 5.41) is 9.04. The van der Waals surface area contributed by atoms with Crippen molar-refractivity contribution < 1.29 is 9.59 Å². The van der Waals surface area contributed by atoms with Gasteiger partial charge in [0.25, 0.3) is 11.8 Å². The highest BCUT2D eigenvalue weighted by Crippen LogP contribution is 2.31. The van der Waals surface area contributed by atoms with Crippen molar-refractivity contribution in [1.82, 2.24) is 0 Å². The predicted molar refractivity (Wildman–Crippen MR) is 78.2 cm³/mol. The number of anilines is 2. The minimum Gasteiger partial charge on any atom is -0.399 e. The van der Waals surface area contributed by atoms with Gasteiger partial charge in [-0.15, -0.1) is 0 Å². The van der Waals surface area contributed by atoms with Crippen LogP contribution in [0.15, 0.2) is 36.4 Å². The lowest BCUT2D eigenvalue weighted by molar-refractivity contribution is 0.0926. The Labute approximate surface area is 125 Å². The lowest BCUT2D eigenvalue weighted by Crippen LogP contribution is -2.29. The van der Waals surface area contributed by atoms with Crippen LogP contribution in [-0.2, 0) is 0 Å². The Morgan fingerprint density at radius 2 is 1.76 bits per heavy atom. The number of carbonyl (C=O) groups excluding carboxylic acids is 2. The number of carbonyl (C=O) groups is 2. The van der Waals surface area contributed by atoms with E-state index >= 15 is 0 Å². The van der Waals surface area contributed by atoms with Gasteiger partial charge in [0.2, 0.25) is 0 Å². The van der Waals surface area contributed by atoms with Gasteiger partial charge in [-0.1, -0.05) is 11.6 Å². The fraction of sp³-hybridized carbons (Fsp3) is 0. The standard InChI is InChI=1S/C15H8ClN3O2/c16-13-6-10(3-1-8(13)7-17)19-14(20)11-4-2-9(18)5-12(11)15(19)21/h1-6H,18H2. The lowest BCUT2D eigenvalue weighted by Gasteiger charge is -2.14. The zero-order valence-electron chi connectivity index (χ0n) is 10.6. The quantitative estimate of drug-likeness (QED) is 0.647. The summed E-state index contributed by atoms with van der Waals surface area (Å²) in [6.45, 7) is 0. The van der Waals surface area contributed by atoms with Crippen LogP contribution in [0.3, 0.4) is 0 Å². The molecule has 5 nitrogen and oxygen atoms in total. The van der Waals surface area contributed by atoms with Gasteiger partial charge in [0.05, 0.1) is 27.4 Å². The third-order valence-corrected chi connectivity index (χ3v) is 3.55. The molecule has 2 aromatic rings. The van der Waals surface area contributed by atoms with E-state index in [0.29, 0.717) is 16.9 Å². The van der Waals surface area contributed by atoms with E-state index in [4.69, 9.17) is 22.6 Å². The number of halogens is 1. The molecule has 0 aliphatic carbocycles. The normalized spacial score (nSPS) is 13.2. The summed E-state index contributed by atoms with van der Waals surface area (Å²) < 4.78 is 0. The lowest BCUT2D eigenvalue weighted by atomic mass is 10.1. The summed E-state index contributed by atoms with van der Waals surface area (Å²) in [5.41, 5.74) is 7.22. The molecule has 0 saturated carbocycles. The van der Waals surface area contributed by atoms with Gasteiger partial charge in [-0.05, 0) is 36.4 Å². The molecule has 0 aromatic heterocycles. The largest absolute Gasteiger partial charge is 0.399 e. The number of nitrogen functional groups attached to an aromatic ring is 1. The molecule has 0 spiro atoms. The molecule has 0 saturated heterocycles. The highest BCUT2D eigenvalue weighted by Gasteiger charge is 2.36. The van der Waals surface area contributed by atoms with E-state index in [9.17, 15) is 9.59 Å². The highest BCUT2D eigenvalue weighted by atomic mass is 35.5. The van der Waals surface area contributed by atoms with E-state index < -0.39 is 11.8 Å². The van der Waals surface area contributed by atoms with Crippen molar-refractivity contribution in [3.63, 3.8) is 0 Å². The van der Waals surface area contributed by atoms with E-state index in [-0.39, 0.29) is 16.1 Å². The maximum atomic E-state index is 12.4. The summed E-state index contributed by atoms with van der Waals surface area (Å²) >= 11 is 5.95. The number of rotatable bonds is 1. The summed E-state index contributed by atoms with van der Waals surface area (Å²) in [6, 6.07) is 10.9. The van der Waals surface area contributed by atoms with Crippen LogP contribution < -0.4 is 10.6 Å². The first-order chi connectivity index (χ1) is 10.0. The molecule has 1 aliphatic rings. The second-order valence-corrected chi connectivity index (χ2v) is 4.93. The topological polar surface area (TPSA) is 87.2 Å². The first kappa shape index (κ1) is 13.2. The molecule has 0 fully saturated rings. The van der Waals surface area contributed by atoms with Gasteiger partial charge < -0.3 is 5.73 Å². The van der Waals surface area contributed by atoms with Crippen LogP contribution in [0.5, 0.6) is 0 Å². The van der Waals surface area contributed by atoms with Crippen molar-refractivity contribution in [2.24, 2.45) is 0 Å². The fourth-order valence-corrected chi connectivity index (χ4v) is 2.44. The first-order valence-corrected chi connectivity index (χ1v) is 6.38. The zero-order chi connectivity index (χ0) is 15.1. The molecular formula is C15H8ClN3O2. The van der Waals surface area contributed by atoms with Gasteiger partial charge in [0.15, 0.2) is 0 Å². The SMILES string of the molecule is N#Cc1ccc(N2C(=O)c3ccc(N)cc3C2=O)cc1Cl. The smallest absolute Gasteiger partial charge is 0.266 e. The number of nitrogens with two attached hydrogens (primary N) is 1. The monoisotopic (exact) mass is 297 g/mol. The van der Waals surface area contributed by atoms with Crippen LogP contribution in [0.25, 0.3) is 0 Å². The Kier molecular flexibility index (Phi) is 2.89. The number of benzene rings is 2. The zero-order valence-corrected chi connectivity index (χ0v) is 11.4. The van der Waals surface area contributed by atoms with Crippen LogP contribution in [0.4, 0.5) is 11.4 Å². The van der Waals surface area contributed by atoms with Crippen molar-refractivity contribution in [3.05, 3.63) is 58.1 Å². The van der Waals surface area contributed by atoms with Crippen molar-refractivity contribution in [2.45, 2.75) is 0 Å². The first-order valence-electron chi connectivity index (χ1n) is 6.01. The van der Waals surface area contributed by atoms with E-state index in [1.807, 2.05) is 6.07 Å². The van der Waals surface area contributed by atoms with Gasteiger partial charge in [-0.25, -0.2) is 4.90 Å². The molecule has 1 aliphatic heterocycles. The van der Waals surface area contributed by atoms with Crippen LogP contribution in [0.2, 0.25) is 5.02 Å². The highest BCUT2D eigenvalue weighted by molar-refractivity contribution is 6.36. The fourth-order valence-electron chi connectivity index (χ4n) is 2.23. The van der Waals surface area contributed by atoms with Crippen molar-refractivity contribution in [2.75, 3.05) is 10.6 Å². The van der Waals surface area contributed by atoms with E-state index in [1.165, 1.54) is 30.3 Å². The van der Waals surface area contributed by atoms with Gasteiger partial charge in [0.1, 0.15) is 6.07 Å². The Balaban J connectivity index is 2.10. The molecular weight excluding hydrogens is 290 g/mol. The summed E-state index contributed by atoms with van der Waals surface area (Å²) in [5.74, 6) is -0.890. The molecule has 0 atom stereocenters. The second kappa shape index (κ2) is 4.62. The van der Waals surface area contributed by atoms with Gasteiger partial charge in [-0.3, -0.25) is 9.59 Å². The molecule has 102 valence electrons. The van der Waals surface area contributed by atoms with Gasteiger partial charge >= 0.3 is 0 Å². The van der Waals surface area contributed by atoms with E-state index in [1.54, 1.807) is 6.07 Å². The average molecular weight is 298 g/mol. The van der Waals surface area contributed by atoms with E-state index in [0.717, 1.165) is 4.90 Å². The van der Waals surface area contributed by atoms with E-state index in [2.05, 4.69) is 0 Å². The Morgan fingerprint density at radius 1 is 1.05 bits per heavy atom. The maximum Gasteiger partial charge on any atom is 0.266 e. The number of imide groups is 1. The third kappa shape index (κ3) is 1.93. The molecule has 0 unspecified atom stereocenters. The van der Waals surface area contributed by atoms with Crippen LogP contribution in [0.1, 0.15) is 26.3 Å². The second-order valence-electron chi connectivity index (χ2n) is 4.53. The van der Waals surface area contributed by atoms with Crippen LogP contribution in [0, 0.1) is 11.3 Å². The van der Waals surface area contributed by atoms with Crippen LogP contribution in [-0.4, -0.2) is 11.8 Å². The molecule has 2 amide bonds. The van der Waals surface area contributed by atoms with Crippen molar-refractivity contribution >= 4 is 34.8 Å². The number of hydrogen-bond donors (Lipinski definition) is 1. The average Bonchev–Trinajstić information content (AvgIpc) is 2.70. The molecule has 2 aromatic carbocycles. The molecule has 3 rings (SSSR count). The molecule has 0 bridgehead atoms. The summed E-state index contributed by atoms with van der Waals surface area (Å²) in [4.78, 5) is 25.7. The van der Waals surface area contributed by atoms with Crippen molar-refractivity contribution in [1.29, 1.82) is 5.26 Å². The minimum atomic E-state index is -0.455. The van der Waals surface area contributed by atoms with Crippen molar-refractivity contribution in [3.8, 4) is 6.07 Å². The summed E-state index contributed by atoms with van der Waals surface area (Å²) in [6.07, 6.45) is 0. The Morgan fingerprint density at radius 3 is 2.43 bits per heavy atom. The molecule has 21 heavy (non-hydrogen) atoms. The molecule has 6 heteroatoms. The maximum absolute atomic E-state index is 12.4. The Bertz CT molecular complexity index is 839. The Hall–Kier alpha value is -2.84. The number of hydrogen-bond acceptors (Lipinski definition) is 4. The predicted octanol–water partition coefficient (Wildman–Crippen LogP) is 2.59. The van der Waals surface area contributed by atoms with Crippen LogP contribution >= 0.6 is 11.6 Å². The number of nitrogens with zero attached hydrogens (tertiary/aromatic N) is 2. The number of fused-ring (bicyclic) bond motifs is 1. The summed E-state index contributed by atoms with van der Waals surface area (Å²) in [7, 11) is 0. The number of nitriles is 1. The molecule has 2 N–H and O–H groups in total. The van der Waals surface area contributed by atoms with Gasteiger partial charge in [-0.2, -0.15) is 5.26 Å². The van der Waals surface area contributed by atoms with Gasteiger partial charge in [0, 0.05) is 5.69 Å². The minimum absolute atomic E-state index is 0.186. The third-order valence-electron chi connectivity index (χ3n) is 3.24. The number of amides is 2.